The van der Waals surface area contributed by atoms with Gasteiger partial charge in [-0.2, -0.15) is 4.98 Å². The number of benzene rings is 1. The molecule has 0 saturated carbocycles. The molecule has 0 atom stereocenters. The maximum atomic E-state index is 13.4. The molecule has 0 unspecified atom stereocenters. The highest BCUT2D eigenvalue weighted by Crippen LogP contribution is 2.26. The van der Waals surface area contributed by atoms with Crippen molar-refractivity contribution in [3.8, 4) is 17.5 Å². The summed E-state index contributed by atoms with van der Waals surface area (Å²) in [6.45, 7) is 3.60. The van der Waals surface area contributed by atoms with Gasteiger partial charge in [0.1, 0.15) is 17.4 Å². The minimum absolute atomic E-state index is 0.0394. The minimum Gasteiger partial charge on any atom is -0.475 e. The van der Waals surface area contributed by atoms with E-state index in [0.29, 0.717) is 5.13 Å². The molecule has 0 aliphatic rings. The second-order valence-electron chi connectivity index (χ2n) is 5.70. The summed E-state index contributed by atoms with van der Waals surface area (Å²) in [5.41, 5.74) is 0.197. The maximum absolute atomic E-state index is 13.4. The molecule has 0 spiro atoms. The Morgan fingerprint density at radius 2 is 1.81 bits per heavy atom. The third kappa shape index (κ3) is 5.20. The number of aromatic nitrogens is 2. The number of amides is 1. The fourth-order valence-corrected chi connectivity index (χ4v) is 2.65. The number of nitrogens with zero attached hydrogens (tertiary/aromatic N) is 2. The van der Waals surface area contributed by atoms with Gasteiger partial charge >= 0.3 is 0 Å². The quantitative estimate of drug-likeness (QED) is 0.662. The summed E-state index contributed by atoms with van der Waals surface area (Å²) in [6, 6.07) is 5.54. The fourth-order valence-electron chi connectivity index (χ4n) is 2.13. The first-order valence-electron chi connectivity index (χ1n) is 7.92. The highest BCUT2D eigenvalue weighted by Gasteiger charge is 2.15. The molecule has 0 aliphatic carbocycles. The topological polar surface area (TPSA) is 73.3 Å². The molecular formula is C18H15F2N3O3S. The zero-order valence-electron chi connectivity index (χ0n) is 14.4. The predicted octanol–water partition coefficient (Wildman–Crippen LogP) is 4.65. The van der Waals surface area contributed by atoms with Crippen molar-refractivity contribution in [2.75, 3.05) is 5.32 Å². The molecule has 3 rings (SSSR count). The first kappa shape index (κ1) is 18.7. The SMILES string of the molecule is CC(C)Oc1cc(C(=O)Nc2nccs2)cc(Oc2cc(F)cc(F)c2)n1. The van der Waals surface area contributed by atoms with Crippen LogP contribution in [0.3, 0.4) is 0 Å². The predicted molar refractivity (Wildman–Crippen MR) is 96.5 cm³/mol. The first-order valence-corrected chi connectivity index (χ1v) is 8.80. The van der Waals surface area contributed by atoms with Gasteiger partial charge < -0.3 is 9.47 Å². The molecule has 0 aliphatic heterocycles. The summed E-state index contributed by atoms with van der Waals surface area (Å²) in [5.74, 6) is -2.02. The van der Waals surface area contributed by atoms with E-state index in [1.54, 1.807) is 25.4 Å². The maximum Gasteiger partial charge on any atom is 0.257 e. The zero-order chi connectivity index (χ0) is 19.4. The molecule has 1 amide bonds. The van der Waals surface area contributed by atoms with Gasteiger partial charge in [0, 0.05) is 41.9 Å². The lowest BCUT2D eigenvalue weighted by atomic mass is 10.2. The number of hydrogen-bond acceptors (Lipinski definition) is 6. The van der Waals surface area contributed by atoms with Crippen LogP contribution in [-0.2, 0) is 0 Å². The lowest BCUT2D eigenvalue weighted by molar-refractivity contribution is 0.102. The molecule has 2 heterocycles. The number of rotatable bonds is 6. The molecule has 0 fully saturated rings. The molecular weight excluding hydrogens is 376 g/mol. The summed E-state index contributed by atoms with van der Waals surface area (Å²) in [7, 11) is 0. The number of carbonyl (C=O) groups is 1. The van der Waals surface area contributed by atoms with Crippen LogP contribution in [0.4, 0.5) is 13.9 Å². The van der Waals surface area contributed by atoms with Gasteiger partial charge in [0.05, 0.1) is 11.7 Å². The van der Waals surface area contributed by atoms with Crippen LogP contribution in [0.15, 0.2) is 41.9 Å². The van der Waals surface area contributed by atoms with E-state index in [-0.39, 0.29) is 29.2 Å². The molecule has 3 aromatic rings. The number of nitrogens with one attached hydrogen (secondary N) is 1. The van der Waals surface area contributed by atoms with E-state index in [4.69, 9.17) is 9.47 Å². The van der Waals surface area contributed by atoms with Crippen molar-refractivity contribution in [2.24, 2.45) is 0 Å². The van der Waals surface area contributed by atoms with Crippen LogP contribution in [0.2, 0.25) is 0 Å². The van der Waals surface area contributed by atoms with E-state index in [9.17, 15) is 13.6 Å². The summed E-state index contributed by atoms with van der Waals surface area (Å²) in [5, 5.41) is 4.79. The number of anilines is 1. The standard InChI is InChI=1S/C18H15F2N3O3S/c1-10(2)25-15-5-11(17(24)23-18-21-3-4-27-18)6-16(22-15)26-14-8-12(19)7-13(20)9-14/h3-10H,1-2H3,(H,21,23,24). The summed E-state index contributed by atoms with van der Waals surface area (Å²) in [4.78, 5) is 20.6. The second kappa shape index (κ2) is 8.09. The summed E-state index contributed by atoms with van der Waals surface area (Å²) >= 11 is 1.27. The highest BCUT2D eigenvalue weighted by molar-refractivity contribution is 7.13. The number of halogens is 2. The average Bonchev–Trinajstić information content (AvgIpc) is 3.05. The van der Waals surface area contributed by atoms with Gasteiger partial charge in [-0.15, -0.1) is 11.3 Å². The van der Waals surface area contributed by atoms with E-state index >= 15 is 0 Å². The Morgan fingerprint density at radius 1 is 1.11 bits per heavy atom. The van der Waals surface area contributed by atoms with Gasteiger partial charge in [0.25, 0.3) is 5.91 Å². The van der Waals surface area contributed by atoms with Crippen LogP contribution in [-0.4, -0.2) is 22.0 Å². The Balaban J connectivity index is 1.91. The molecule has 0 saturated heterocycles. The van der Waals surface area contributed by atoms with Crippen LogP contribution in [0, 0.1) is 11.6 Å². The Bertz CT molecular complexity index is 929. The number of ether oxygens (including phenoxy) is 2. The number of hydrogen-bond donors (Lipinski definition) is 1. The molecule has 9 heteroatoms. The van der Waals surface area contributed by atoms with E-state index < -0.39 is 17.5 Å². The van der Waals surface area contributed by atoms with Crippen molar-refractivity contribution < 1.29 is 23.0 Å². The molecule has 27 heavy (non-hydrogen) atoms. The molecule has 0 bridgehead atoms. The summed E-state index contributed by atoms with van der Waals surface area (Å²) < 4.78 is 37.7. The third-order valence-corrected chi connectivity index (χ3v) is 3.80. The van der Waals surface area contributed by atoms with Crippen LogP contribution >= 0.6 is 11.3 Å². The van der Waals surface area contributed by atoms with Gasteiger partial charge in [-0.3, -0.25) is 10.1 Å². The molecule has 0 radical (unpaired) electrons. The lowest BCUT2D eigenvalue weighted by Crippen LogP contribution is -2.14. The largest absolute Gasteiger partial charge is 0.475 e. The zero-order valence-corrected chi connectivity index (χ0v) is 15.2. The molecule has 2 aromatic heterocycles. The van der Waals surface area contributed by atoms with Crippen molar-refractivity contribution in [2.45, 2.75) is 20.0 Å². The Labute approximate surface area is 157 Å². The van der Waals surface area contributed by atoms with Gasteiger partial charge in [-0.1, -0.05) is 0 Å². The van der Waals surface area contributed by atoms with Crippen molar-refractivity contribution >= 4 is 22.4 Å². The van der Waals surface area contributed by atoms with Gasteiger partial charge in [0.2, 0.25) is 11.8 Å². The van der Waals surface area contributed by atoms with Crippen LogP contribution < -0.4 is 14.8 Å². The monoisotopic (exact) mass is 391 g/mol. The van der Waals surface area contributed by atoms with Gasteiger partial charge in [0.15, 0.2) is 5.13 Å². The van der Waals surface area contributed by atoms with Gasteiger partial charge in [-0.05, 0) is 13.8 Å². The van der Waals surface area contributed by atoms with E-state index in [1.165, 1.54) is 23.5 Å². The van der Waals surface area contributed by atoms with Crippen LogP contribution in [0.1, 0.15) is 24.2 Å². The minimum atomic E-state index is -0.790. The Kier molecular flexibility index (Phi) is 5.60. The lowest BCUT2D eigenvalue weighted by Gasteiger charge is -2.13. The van der Waals surface area contributed by atoms with Gasteiger partial charge in [-0.25, -0.2) is 13.8 Å². The van der Waals surface area contributed by atoms with E-state index in [0.717, 1.165) is 18.2 Å². The number of thiazole rings is 1. The third-order valence-electron chi connectivity index (χ3n) is 3.11. The van der Waals surface area contributed by atoms with Crippen LogP contribution in [0.25, 0.3) is 0 Å². The van der Waals surface area contributed by atoms with E-state index in [2.05, 4.69) is 15.3 Å². The highest BCUT2D eigenvalue weighted by atomic mass is 32.1. The number of carbonyl (C=O) groups excluding carboxylic acids is 1. The fraction of sp³-hybridized carbons (Fsp3) is 0.167. The van der Waals surface area contributed by atoms with Crippen LogP contribution in [0.5, 0.6) is 17.5 Å². The molecule has 1 N–H and O–H groups in total. The van der Waals surface area contributed by atoms with Crippen molar-refractivity contribution in [1.29, 1.82) is 0 Å². The Morgan fingerprint density at radius 3 is 2.44 bits per heavy atom. The average molecular weight is 391 g/mol. The Hall–Kier alpha value is -3.07. The van der Waals surface area contributed by atoms with Crippen molar-refractivity contribution in [3.63, 3.8) is 0 Å². The smallest absolute Gasteiger partial charge is 0.257 e. The molecule has 140 valence electrons. The summed E-state index contributed by atoms with van der Waals surface area (Å²) in [6.07, 6.45) is 1.36. The van der Waals surface area contributed by atoms with Crippen molar-refractivity contribution in [1.82, 2.24) is 9.97 Å². The molecule has 1 aromatic carbocycles. The second-order valence-corrected chi connectivity index (χ2v) is 6.59. The first-order chi connectivity index (χ1) is 12.9. The molecule has 6 nitrogen and oxygen atoms in total. The van der Waals surface area contributed by atoms with E-state index in [1.807, 2.05) is 0 Å². The van der Waals surface area contributed by atoms with Crippen molar-refractivity contribution in [3.05, 3.63) is 59.1 Å². The number of pyridine rings is 1. The normalized spacial score (nSPS) is 10.7.